The number of aliphatic hydroxyl groups is 1. The molecule has 0 aliphatic rings. The predicted molar refractivity (Wildman–Crippen MR) is 58.5 cm³/mol. The first kappa shape index (κ1) is 13.0. The number of aliphatic hydroxyl groups excluding tert-OH is 1. The zero-order valence-electron chi connectivity index (χ0n) is 8.96. The number of carbonyl (C=O) groups excluding carboxylic acids is 1. The minimum Gasteiger partial charge on any atom is -0.508 e. The maximum atomic E-state index is 11.4. The van der Waals surface area contributed by atoms with Gasteiger partial charge in [0, 0.05) is 0 Å². The molecule has 0 radical (unpaired) electrons. The Balaban J connectivity index is 2.42. The largest absolute Gasteiger partial charge is 0.508 e. The van der Waals surface area contributed by atoms with Crippen LogP contribution in [0, 0.1) is 0 Å². The van der Waals surface area contributed by atoms with E-state index in [1.54, 1.807) is 12.1 Å². The van der Waals surface area contributed by atoms with Crippen LogP contribution in [0.25, 0.3) is 0 Å². The molecule has 0 saturated carbocycles. The Kier molecular flexibility index (Phi) is 4.47. The Morgan fingerprint density at radius 3 is 2.65 bits per heavy atom. The maximum Gasteiger partial charge on any atom is 0.334 e. The summed E-state index contributed by atoms with van der Waals surface area (Å²) >= 11 is 0. The van der Waals surface area contributed by atoms with Crippen molar-refractivity contribution in [1.82, 2.24) is 5.32 Å². The van der Waals surface area contributed by atoms with Gasteiger partial charge in [-0.2, -0.15) is 0 Å². The van der Waals surface area contributed by atoms with Crippen LogP contribution in [0.15, 0.2) is 24.3 Å². The van der Waals surface area contributed by atoms with Crippen molar-refractivity contribution in [2.75, 3.05) is 6.54 Å². The molecule has 4 N–H and O–H groups in total. The molecule has 0 aliphatic heterocycles. The molecule has 1 amide bonds. The molecule has 1 unspecified atom stereocenters. The molecular weight excluding hydrogens is 226 g/mol. The van der Waals surface area contributed by atoms with Gasteiger partial charge in [-0.3, -0.25) is 4.79 Å². The zero-order chi connectivity index (χ0) is 12.8. The number of carboxylic acids is 1. The fourth-order valence-electron chi connectivity index (χ4n) is 1.21. The Bertz CT molecular complexity index is 418. The van der Waals surface area contributed by atoms with E-state index in [1.807, 2.05) is 0 Å². The van der Waals surface area contributed by atoms with E-state index in [1.165, 1.54) is 12.1 Å². The molecule has 1 atom stereocenters. The lowest BCUT2D eigenvalue weighted by atomic mass is 10.1. The van der Waals surface area contributed by atoms with Crippen LogP contribution >= 0.6 is 0 Å². The topological polar surface area (TPSA) is 107 Å². The van der Waals surface area contributed by atoms with E-state index in [4.69, 9.17) is 15.3 Å². The van der Waals surface area contributed by atoms with Crippen molar-refractivity contribution < 1.29 is 24.9 Å². The SMILES string of the molecule is O=C(Cc1cccc(O)c1)NCC(O)C(=O)O. The van der Waals surface area contributed by atoms with E-state index in [0.29, 0.717) is 5.56 Å². The third kappa shape index (κ3) is 4.52. The lowest BCUT2D eigenvalue weighted by molar-refractivity contribution is -0.146. The standard InChI is InChI=1S/C11H13NO5/c13-8-3-1-2-7(4-8)5-10(15)12-6-9(14)11(16)17/h1-4,9,13-14H,5-6H2,(H,12,15)(H,16,17). The van der Waals surface area contributed by atoms with Crippen molar-refractivity contribution in [3.05, 3.63) is 29.8 Å². The summed E-state index contributed by atoms with van der Waals surface area (Å²) in [6.07, 6.45) is -1.59. The summed E-state index contributed by atoms with van der Waals surface area (Å²) in [6.45, 7) is -0.340. The van der Waals surface area contributed by atoms with Crippen LogP contribution in [0.5, 0.6) is 5.75 Å². The Labute approximate surface area is 97.5 Å². The molecule has 0 heterocycles. The lowest BCUT2D eigenvalue weighted by Crippen LogP contribution is -2.37. The lowest BCUT2D eigenvalue weighted by Gasteiger charge is -2.07. The highest BCUT2D eigenvalue weighted by atomic mass is 16.4. The minimum absolute atomic E-state index is 0.0146. The highest BCUT2D eigenvalue weighted by molar-refractivity contribution is 5.80. The van der Waals surface area contributed by atoms with E-state index in [9.17, 15) is 9.59 Å². The Morgan fingerprint density at radius 2 is 2.06 bits per heavy atom. The second-order valence-electron chi connectivity index (χ2n) is 3.50. The summed E-state index contributed by atoms with van der Waals surface area (Å²) in [5.74, 6) is -1.75. The van der Waals surface area contributed by atoms with E-state index >= 15 is 0 Å². The quantitative estimate of drug-likeness (QED) is 0.554. The molecule has 0 spiro atoms. The van der Waals surface area contributed by atoms with Crippen LogP contribution in [-0.2, 0) is 16.0 Å². The third-order valence-corrected chi connectivity index (χ3v) is 2.05. The van der Waals surface area contributed by atoms with Crippen molar-refractivity contribution in [3.8, 4) is 5.75 Å². The molecule has 17 heavy (non-hydrogen) atoms. The smallest absolute Gasteiger partial charge is 0.334 e. The average Bonchev–Trinajstić information content (AvgIpc) is 2.25. The number of aliphatic carboxylic acids is 1. The first-order chi connectivity index (χ1) is 7.99. The van der Waals surface area contributed by atoms with Crippen LogP contribution in [0.4, 0.5) is 0 Å². The third-order valence-electron chi connectivity index (χ3n) is 2.05. The molecule has 0 bridgehead atoms. The van der Waals surface area contributed by atoms with Crippen molar-refractivity contribution in [3.63, 3.8) is 0 Å². The molecule has 0 saturated heterocycles. The Hall–Kier alpha value is -2.08. The molecular formula is C11H13NO5. The van der Waals surface area contributed by atoms with Gasteiger partial charge < -0.3 is 20.6 Å². The van der Waals surface area contributed by atoms with Crippen LogP contribution in [0.1, 0.15) is 5.56 Å². The molecule has 0 aliphatic carbocycles. The number of amides is 1. The van der Waals surface area contributed by atoms with Crippen LogP contribution < -0.4 is 5.32 Å². The van der Waals surface area contributed by atoms with E-state index in [0.717, 1.165) is 0 Å². The number of hydrogen-bond acceptors (Lipinski definition) is 4. The highest BCUT2D eigenvalue weighted by Crippen LogP contribution is 2.11. The molecule has 0 fully saturated rings. The molecule has 1 aromatic carbocycles. The fraction of sp³-hybridized carbons (Fsp3) is 0.273. The van der Waals surface area contributed by atoms with Crippen LogP contribution in [0.3, 0.4) is 0 Å². The van der Waals surface area contributed by atoms with Gasteiger partial charge in [0.05, 0.1) is 13.0 Å². The number of benzene rings is 1. The van der Waals surface area contributed by atoms with E-state index in [2.05, 4.69) is 5.32 Å². The number of hydrogen-bond donors (Lipinski definition) is 4. The summed E-state index contributed by atoms with van der Waals surface area (Å²) in [5, 5.41) is 28.8. The van der Waals surface area contributed by atoms with Crippen LogP contribution in [0.2, 0.25) is 0 Å². The van der Waals surface area contributed by atoms with Crippen molar-refractivity contribution in [1.29, 1.82) is 0 Å². The number of phenols is 1. The van der Waals surface area contributed by atoms with Gasteiger partial charge in [0.2, 0.25) is 5.91 Å². The average molecular weight is 239 g/mol. The molecule has 6 nitrogen and oxygen atoms in total. The van der Waals surface area contributed by atoms with Crippen molar-refractivity contribution in [2.24, 2.45) is 0 Å². The first-order valence-electron chi connectivity index (χ1n) is 4.94. The zero-order valence-corrected chi connectivity index (χ0v) is 8.96. The molecule has 0 aromatic heterocycles. The molecule has 92 valence electrons. The summed E-state index contributed by atoms with van der Waals surface area (Å²) in [5.41, 5.74) is 0.604. The van der Waals surface area contributed by atoms with Gasteiger partial charge >= 0.3 is 5.97 Å². The van der Waals surface area contributed by atoms with Gasteiger partial charge in [-0.25, -0.2) is 4.79 Å². The fourth-order valence-corrected chi connectivity index (χ4v) is 1.21. The predicted octanol–water partition coefficient (Wildman–Crippen LogP) is -0.504. The second kappa shape index (κ2) is 5.86. The van der Waals surface area contributed by atoms with Crippen molar-refractivity contribution in [2.45, 2.75) is 12.5 Å². The normalized spacial score (nSPS) is 11.8. The van der Waals surface area contributed by atoms with Gasteiger partial charge in [-0.05, 0) is 17.7 Å². The monoisotopic (exact) mass is 239 g/mol. The Morgan fingerprint density at radius 1 is 1.35 bits per heavy atom. The summed E-state index contributed by atoms with van der Waals surface area (Å²) < 4.78 is 0. The van der Waals surface area contributed by atoms with Crippen molar-refractivity contribution >= 4 is 11.9 Å². The van der Waals surface area contributed by atoms with Gasteiger partial charge in [0.1, 0.15) is 5.75 Å². The number of nitrogens with one attached hydrogen (secondary N) is 1. The number of aromatic hydroxyl groups is 1. The van der Waals surface area contributed by atoms with Gasteiger partial charge in [-0.1, -0.05) is 12.1 Å². The molecule has 1 rings (SSSR count). The summed E-state index contributed by atoms with van der Waals surface area (Å²) in [7, 11) is 0. The minimum atomic E-state index is -1.61. The van der Waals surface area contributed by atoms with Gasteiger partial charge in [0.25, 0.3) is 0 Å². The van der Waals surface area contributed by atoms with Crippen LogP contribution in [-0.4, -0.2) is 39.8 Å². The molecule has 6 heteroatoms. The first-order valence-corrected chi connectivity index (χ1v) is 4.94. The van der Waals surface area contributed by atoms with Gasteiger partial charge in [-0.15, -0.1) is 0 Å². The second-order valence-corrected chi connectivity index (χ2v) is 3.50. The number of phenolic OH excluding ortho intramolecular Hbond substituents is 1. The summed E-state index contributed by atoms with van der Waals surface area (Å²) in [6, 6.07) is 6.18. The highest BCUT2D eigenvalue weighted by Gasteiger charge is 2.14. The molecule has 1 aromatic rings. The van der Waals surface area contributed by atoms with E-state index < -0.39 is 18.0 Å². The van der Waals surface area contributed by atoms with Gasteiger partial charge in [0.15, 0.2) is 6.10 Å². The number of rotatable bonds is 5. The summed E-state index contributed by atoms with van der Waals surface area (Å²) in [4.78, 5) is 21.6. The number of carbonyl (C=O) groups is 2. The maximum absolute atomic E-state index is 11.4. The van der Waals surface area contributed by atoms with E-state index in [-0.39, 0.29) is 18.7 Å². The number of carboxylic acid groups (broad SMARTS) is 1.